The molecule has 0 fully saturated rings. The van der Waals surface area contributed by atoms with Crippen molar-refractivity contribution in [1.82, 2.24) is 0 Å². The molecule has 0 spiro atoms. The fourth-order valence-corrected chi connectivity index (χ4v) is 3.08. The molecule has 0 saturated carbocycles. The molecular weight excluding hydrogens is 519 g/mol. The van der Waals surface area contributed by atoms with Gasteiger partial charge < -0.3 is 19.3 Å². The Morgan fingerprint density at radius 3 is 1.67 bits per heavy atom. The largest absolute Gasteiger partial charge is 0.469 e. The summed E-state index contributed by atoms with van der Waals surface area (Å²) in [6.07, 6.45) is 14.2. The van der Waals surface area contributed by atoms with E-state index in [-0.39, 0.29) is 6.42 Å². The molecule has 0 rings (SSSR count). The number of phosphoric ester groups is 1. The summed E-state index contributed by atoms with van der Waals surface area (Å²) in [5, 5.41) is 0. The van der Waals surface area contributed by atoms with Crippen LogP contribution in [0.2, 0.25) is 0 Å². The van der Waals surface area contributed by atoms with Crippen LogP contribution in [-0.2, 0) is 28.2 Å². The Kier molecular flexibility index (Phi) is 21.8. The normalized spacial score (nSPS) is 9.69. The zero-order valence-electron chi connectivity index (χ0n) is 21.9. The summed E-state index contributed by atoms with van der Waals surface area (Å²) in [6, 6.07) is 0. The maximum Gasteiger partial charge on any atom is 0.469 e. The van der Waals surface area contributed by atoms with Gasteiger partial charge in [0.1, 0.15) is 6.61 Å². The maximum atomic E-state index is 12.1. The van der Waals surface area contributed by atoms with E-state index >= 15 is 0 Å². The van der Waals surface area contributed by atoms with Crippen molar-refractivity contribution in [2.24, 2.45) is 0 Å². The topological polar surface area (TPSA) is 119 Å². The second-order valence-corrected chi connectivity index (χ2v) is 8.93. The summed E-state index contributed by atoms with van der Waals surface area (Å²) in [7, 11) is -4.89. The summed E-state index contributed by atoms with van der Waals surface area (Å²) in [5.74, 6) is 28.0. The number of carbonyl (C=O) groups excluding carboxylic acids is 2. The Labute approximate surface area is 231 Å². The van der Waals surface area contributed by atoms with Crippen molar-refractivity contribution in [2.75, 3.05) is 6.61 Å². The zero-order valence-corrected chi connectivity index (χ0v) is 22.8. The molecule has 0 amide bonds. The van der Waals surface area contributed by atoms with Crippen LogP contribution in [0.25, 0.3) is 0 Å². The minimum absolute atomic E-state index is 0.0586. The smallest absolute Gasteiger partial charge is 0.422 e. The number of ether oxygens (including phenoxy) is 2. The van der Waals surface area contributed by atoms with Crippen LogP contribution in [0.5, 0.6) is 0 Å². The van der Waals surface area contributed by atoms with Crippen LogP contribution in [0, 0.1) is 83.4 Å². The van der Waals surface area contributed by atoms with Crippen molar-refractivity contribution in [3.05, 3.63) is 0 Å². The molecule has 0 aliphatic heterocycles. The Morgan fingerprint density at radius 1 is 0.718 bits per heavy atom. The number of hydrogen-bond acceptors (Lipinski definition) is 6. The Bertz CT molecular complexity index is 1250. The van der Waals surface area contributed by atoms with Gasteiger partial charge in [-0.3, -0.25) is 9.32 Å². The fraction of sp³-hybridized carbons (Fsp3) is 0.467. The van der Waals surface area contributed by atoms with E-state index in [1.54, 1.807) is 0 Å². The number of unbranched alkanes of at least 4 members (excludes halogenated alkanes) is 9. The van der Waals surface area contributed by atoms with Crippen molar-refractivity contribution < 1.29 is 37.9 Å². The molecule has 0 aromatic heterocycles. The second-order valence-electron chi connectivity index (χ2n) is 7.69. The summed E-state index contributed by atoms with van der Waals surface area (Å²) < 4.78 is 25.1. The number of rotatable bonds is 16. The monoisotopic (exact) mass is 550 g/mol. The van der Waals surface area contributed by atoms with Gasteiger partial charge in [0.05, 0.1) is 0 Å². The Balaban J connectivity index is 4.61. The van der Waals surface area contributed by atoms with Crippen LogP contribution in [-0.4, -0.2) is 34.6 Å². The van der Waals surface area contributed by atoms with Crippen LogP contribution in [0.4, 0.5) is 0 Å². The first kappa shape index (κ1) is 35.0. The summed E-state index contributed by atoms with van der Waals surface area (Å²) in [5.41, 5.74) is 0. The molecule has 0 bridgehead atoms. The minimum atomic E-state index is -4.89. The van der Waals surface area contributed by atoms with Crippen LogP contribution in [0.15, 0.2) is 0 Å². The molecular formula is C30H31O8P. The minimum Gasteiger partial charge on any atom is -0.422 e. The molecule has 204 valence electrons. The van der Waals surface area contributed by atoms with E-state index in [9.17, 15) is 14.2 Å². The highest BCUT2D eigenvalue weighted by atomic mass is 31.2. The number of hydrogen-bond donors (Lipinski definition) is 2. The lowest BCUT2D eigenvalue weighted by molar-refractivity contribution is -0.189. The van der Waals surface area contributed by atoms with Crippen LogP contribution in [0.3, 0.4) is 0 Å². The lowest BCUT2D eigenvalue weighted by Crippen LogP contribution is -2.28. The molecule has 0 aliphatic rings. The highest BCUT2D eigenvalue weighted by molar-refractivity contribution is 7.46. The highest BCUT2D eigenvalue weighted by Crippen LogP contribution is 2.36. The molecule has 0 aliphatic carbocycles. The quantitative estimate of drug-likeness (QED) is 0.0749. The average Bonchev–Trinajstić information content (AvgIpc) is 2.88. The number of phosphoric acid groups is 1. The summed E-state index contributed by atoms with van der Waals surface area (Å²) in [4.78, 5) is 41.8. The van der Waals surface area contributed by atoms with Crippen LogP contribution >= 0.6 is 7.82 Å². The molecule has 0 aromatic rings. The van der Waals surface area contributed by atoms with Gasteiger partial charge in [-0.05, 0) is 77.5 Å². The average molecular weight is 551 g/mol. The van der Waals surface area contributed by atoms with Gasteiger partial charge in [-0.2, -0.15) is 0 Å². The molecule has 1 unspecified atom stereocenters. The molecule has 0 aromatic carbocycles. The standard InChI is InChI=1S/C30H31O8P/c1-3-5-7-9-11-13-15-16-18-20-22-24-26-29(32)38-30(27-36-39(33,34)35)37-28(31)25-23-21-19-17-14-12-10-8-6-4-2/h1,30H,4,6,8,10,12,14,17,19,21,23,25,27H2,2H3,(H2,33,34,35). The molecule has 2 N–H and O–H groups in total. The SMILES string of the molecule is C#CC#CC#CC#CC#CC#CC#CC(=O)OC(COP(=O)(O)O)OC(=O)CCCCCCCCCCCC. The van der Waals surface area contributed by atoms with Crippen molar-refractivity contribution in [2.45, 2.75) is 83.8 Å². The molecule has 0 saturated heterocycles. The van der Waals surface area contributed by atoms with Gasteiger partial charge in [0.2, 0.25) is 0 Å². The first-order valence-corrected chi connectivity index (χ1v) is 13.9. The van der Waals surface area contributed by atoms with E-state index in [0.717, 1.165) is 25.7 Å². The number of terminal acetylenes is 1. The van der Waals surface area contributed by atoms with Gasteiger partial charge in [0, 0.05) is 12.3 Å². The Morgan fingerprint density at radius 2 is 1.18 bits per heavy atom. The third-order valence-corrected chi connectivity index (χ3v) is 4.96. The van der Waals surface area contributed by atoms with Gasteiger partial charge in [0.15, 0.2) is 0 Å². The third-order valence-electron chi connectivity index (χ3n) is 4.48. The predicted molar refractivity (Wildman–Crippen MR) is 146 cm³/mol. The van der Waals surface area contributed by atoms with Crippen LogP contribution in [0.1, 0.15) is 77.6 Å². The highest BCUT2D eigenvalue weighted by Gasteiger charge is 2.24. The molecule has 8 nitrogen and oxygen atoms in total. The summed E-state index contributed by atoms with van der Waals surface area (Å²) >= 11 is 0. The predicted octanol–water partition coefficient (Wildman–Crippen LogP) is 3.47. The van der Waals surface area contributed by atoms with Gasteiger partial charge in [-0.15, -0.1) is 6.42 Å². The molecule has 0 radical (unpaired) electrons. The number of carbonyl (C=O) groups is 2. The van der Waals surface area contributed by atoms with Crippen molar-refractivity contribution >= 4 is 19.8 Å². The van der Waals surface area contributed by atoms with E-state index in [1.165, 1.54) is 32.1 Å². The lowest BCUT2D eigenvalue weighted by Gasteiger charge is -2.17. The summed E-state index contributed by atoms with van der Waals surface area (Å²) in [6.45, 7) is 1.32. The van der Waals surface area contributed by atoms with Gasteiger partial charge in [-0.1, -0.05) is 64.7 Å². The van der Waals surface area contributed by atoms with Crippen molar-refractivity contribution in [3.63, 3.8) is 0 Å². The van der Waals surface area contributed by atoms with Crippen molar-refractivity contribution in [1.29, 1.82) is 0 Å². The Hall–Kier alpha value is -4.03. The van der Waals surface area contributed by atoms with E-state index < -0.39 is 32.7 Å². The maximum absolute atomic E-state index is 12.1. The van der Waals surface area contributed by atoms with Gasteiger partial charge >= 0.3 is 19.8 Å². The first-order chi connectivity index (χ1) is 18.8. The van der Waals surface area contributed by atoms with E-state index in [4.69, 9.17) is 25.7 Å². The fourth-order valence-electron chi connectivity index (χ4n) is 2.76. The lowest BCUT2D eigenvalue weighted by atomic mass is 10.1. The molecule has 1 atom stereocenters. The molecule has 39 heavy (non-hydrogen) atoms. The second kappa shape index (κ2) is 24.3. The first-order valence-electron chi connectivity index (χ1n) is 12.3. The van der Waals surface area contributed by atoms with Crippen molar-refractivity contribution in [3.8, 4) is 83.4 Å². The van der Waals surface area contributed by atoms with Gasteiger partial charge in [0.25, 0.3) is 6.29 Å². The van der Waals surface area contributed by atoms with E-state index in [1.807, 2.05) is 5.92 Å². The van der Waals surface area contributed by atoms with Gasteiger partial charge in [-0.25, -0.2) is 9.36 Å². The molecule has 0 heterocycles. The zero-order chi connectivity index (χ0) is 29.0. The van der Waals surface area contributed by atoms with Crippen LogP contribution < -0.4 is 0 Å². The number of esters is 2. The van der Waals surface area contributed by atoms with E-state index in [0.29, 0.717) is 6.42 Å². The molecule has 9 heteroatoms. The third kappa shape index (κ3) is 26.8. The van der Waals surface area contributed by atoms with E-state index in [2.05, 4.69) is 82.5 Å².